The number of hydrogen-bond acceptors (Lipinski definition) is 5. The van der Waals surface area contributed by atoms with Crippen molar-refractivity contribution in [1.82, 2.24) is 15.5 Å². The average molecular weight is 431 g/mol. The first-order valence-electron chi connectivity index (χ1n) is 10.5. The van der Waals surface area contributed by atoms with Gasteiger partial charge in [-0.05, 0) is 46.6 Å². The summed E-state index contributed by atoms with van der Waals surface area (Å²) in [6, 6.07) is 8.10. The van der Waals surface area contributed by atoms with Crippen LogP contribution >= 0.6 is 0 Å². The molecule has 1 aromatic carbocycles. The number of nitrogens with one attached hydrogen (secondary N) is 2. The molecule has 0 saturated carbocycles. The van der Waals surface area contributed by atoms with E-state index in [2.05, 4.69) is 10.6 Å². The number of hydrogen-bond donors (Lipinski definition) is 2. The number of nitrogens with zero attached hydrogens (tertiary/aromatic N) is 2. The summed E-state index contributed by atoms with van der Waals surface area (Å²) in [7, 11) is 0. The zero-order valence-electron chi connectivity index (χ0n) is 19.3. The van der Waals surface area contributed by atoms with Crippen molar-refractivity contribution in [3.63, 3.8) is 0 Å². The van der Waals surface area contributed by atoms with E-state index in [9.17, 15) is 19.6 Å². The zero-order valence-corrected chi connectivity index (χ0v) is 19.3. The standard InChI is InChI=1S/C23H34N4O4/c1-7-8-17(3)26-21(29)20(18-11-9-16(2)10-12-18)27(14-13-24)19(28)15-25-22(30)31-23(4,5)6/h9-12,17,20H,7-8,14-15H2,1-6H3,(H,25,30)(H,26,29). The first-order valence-corrected chi connectivity index (χ1v) is 10.5. The van der Waals surface area contributed by atoms with E-state index in [0.717, 1.165) is 18.4 Å². The third-order valence-corrected chi connectivity index (χ3v) is 4.41. The van der Waals surface area contributed by atoms with E-state index in [1.165, 1.54) is 4.90 Å². The molecule has 0 bridgehead atoms. The van der Waals surface area contributed by atoms with Gasteiger partial charge in [0.25, 0.3) is 0 Å². The van der Waals surface area contributed by atoms with Crippen molar-refractivity contribution < 1.29 is 19.1 Å². The Hall–Kier alpha value is -3.08. The Morgan fingerprint density at radius 3 is 2.32 bits per heavy atom. The number of carbonyl (C=O) groups excluding carboxylic acids is 3. The smallest absolute Gasteiger partial charge is 0.408 e. The molecular weight excluding hydrogens is 396 g/mol. The van der Waals surface area contributed by atoms with Crippen molar-refractivity contribution in [2.75, 3.05) is 13.1 Å². The second-order valence-corrected chi connectivity index (χ2v) is 8.55. The van der Waals surface area contributed by atoms with Gasteiger partial charge in [-0.25, -0.2) is 4.79 Å². The highest BCUT2D eigenvalue weighted by Crippen LogP contribution is 2.22. The first kappa shape index (κ1) is 26.0. The summed E-state index contributed by atoms with van der Waals surface area (Å²) >= 11 is 0. The molecule has 3 amide bonds. The van der Waals surface area contributed by atoms with Gasteiger partial charge in [0.2, 0.25) is 11.8 Å². The second-order valence-electron chi connectivity index (χ2n) is 8.55. The third kappa shape index (κ3) is 9.08. The van der Waals surface area contributed by atoms with E-state index in [1.54, 1.807) is 32.9 Å². The molecule has 2 N–H and O–H groups in total. The lowest BCUT2D eigenvalue weighted by Crippen LogP contribution is -2.49. The van der Waals surface area contributed by atoms with Crippen LogP contribution in [-0.4, -0.2) is 47.5 Å². The Bertz CT molecular complexity index is 793. The molecule has 170 valence electrons. The van der Waals surface area contributed by atoms with E-state index >= 15 is 0 Å². The van der Waals surface area contributed by atoms with Gasteiger partial charge in [0.15, 0.2) is 0 Å². The molecule has 0 heterocycles. The number of nitriles is 1. The molecule has 1 aromatic rings. The van der Waals surface area contributed by atoms with E-state index in [0.29, 0.717) is 5.56 Å². The maximum Gasteiger partial charge on any atom is 0.408 e. The van der Waals surface area contributed by atoms with Crippen molar-refractivity contribution >= 4 is 17.9 Å². The van der Waals surface area contributed by atoms with Gasteiger partial charge in [0.05, 0.1) is 6.07 Å². The molecule has 0 radical (unpaired) electrons. The van der Waals surface area contributed by atoms with Gasteiger partial charge in [-0.3, -0.25) is 9.59 Å². The lowest BCUT2D eigenvalue weighted by atomic mass is 10.0. The Kier molecular flexibility index (Phi) is 10.00. The molecule has 8 heteroatoms. The van der Waals surface area contributed by atoms with Crippen molar-refractivity contribution in [3.8, 4) is 6.07 Å². The first-order chi connectivity index (χ1) is 14.5. The Balaban J connectivity index is 3.12. The van der Waals surface area contributed by atoms with Crippen molar-refractivity contribution in [3.05, 3.63) is 35.4 Å². The van der Waals surface area contributed by atoms with E-state index in [-0.39, 0.29) is 18.5 Å². The van der Waals surface area contributed by atoms with Gasteiger partial charge in [0.1, 0.15) is 24.7 Å². The molecular formula is C23H34N4O4. The Morgan fingerprint density at radius 1 is 1.19 bits per heavy atom. The molecule has 0 saturated heterocycles. The number of rotatable bonds is 9. The van der Waals surface area contributed by atoms with Gasteiger partial charge >= 0.3 is 6.09 Å². The van der Waals surface area contributed by atoms with Crippen molar-refractivity contribution in [2.24, 2.45) is 0 Å². The predicted octanol–water partition coefficient (Wildman–Crippen LogP) is 3.22. The minimum Gasteiger partial charge on any atom is -0.444 e. The van der Waals surface area contributed by atoms with Crippen LogP contribution in [0.4, 0.5) is 4.79 Å². The lowest BCUT2D eigenvalue weighted by molar-refractivity contribution is -0.139. The predicted molar refractivity (Wildman–Crippen MR) is 118 cm³/mol. The van der Waals surface area contributed by atoms with Crippen LogP contribution < -0.4 is 10.6 Å². The zero-order chi connectivity index (χ0) is 23.6. The Labute approximate surface area is 184 Å². The fraction of sp³-hybridized carbons (Fsp3) is 0.565. The fourth-order valence-electron chi connectivity index (χ4n) is 3.01. The summed E-state index contributed by atoms with van der Waals surface area (Å²) < 4.78 is 5.15. The van der Waals surface area contributed by atoms with Gasteiger partial charge in [-0.1, -0.05) is 43.2 Å². The van der Waals surface area contributed by atoms with Crippen LogP contribution in [0.1, 0.15) is 64.6 Å². The van der Waals surface area contributed by atoms with Crippen LogP contribution in [0.25, 0.3) is 0 Å². The number of amides is 3. The van der Waals surface area contributed by atoms with Crippen molar-refractivity contribution in [2.45, 2.75) is 72.1 Å². The Morgan fingerprint density at radius 2 is 1.81 bits per heavy atom. The second kappa shape index (κ2) is 11.9. The quantitative estimate of drug-likeness (QED) is 0.584. The summed E-state index contributed by atoms with van der Waals surface area (Å²) in [5, 5.41) is 14.6. The normalized spacial score (nSPS) is 12.8. The fourth-order valence-corrected chi connectivity index (χ4v) is 3.01. The number of ether oxygens (including phenoxy) is 1. The van der Waals surface area contributed by atoms with Crippen LogP contribution in [0.15, 0.2) is 24.3 Å². The summed E-state index contributed by atoms with van der Waals surface area (Å²) in [5.41, 5.74) is 0.888. The largest absolute Gasteiger partial charge is 0.444 e. The molecule has 31 heavy (non-hydrogen) atoms. The summed E-state index contributed by atoms with van der Waals surface area (Å²) in [6.07, 6.45) is 0.946. The molecule has 2 unspecified atom stereocenters. The minimum absolute atomic E-state index is 0.0793. The summed E-state index contributed by atoms with van der Waals surface area (Å²) in [4.78, 5) is 39.2. The molecule has 0 fully saturated rings. The number of benzene rings is 1. The van der Waals surface area contributed by atoms with Crippen LogP contribution in [0.2, 0.25) is 0 Å². The average Bonchev–Trinajstić information content (AvgIpc) is 2.66. The van der Waals surface area contributed by atoms with Crippen LogP contribution in [0.5, 0.6) is 0 Å². The maximum absolute atomic E-state index is 13.1. The van der Waals surface area contributed by atoms with E-state index < -0.39 is 30.2 Å². The number of carbonyl (C=O) groups is 3. The van der Waals surface area contributed by atoms with Gasteiger partial charge in [-0.15, -0.1) is 0 Å². The number of aryl methyl sites for hydroxylation is 1. The van der Waals surface area contributed by atoms with Crippen molar-refractivity contribution in [1.29, 1.82) is 5.26 Å². The van der Waals surface area contributed by atoms with E-state index in [4.69, 9.17) is 4.74 Å². The summed E-state index contributed by atoms with van der Waals surface area (Å²) in [6.45, 7) is 10.3. The highest BCUT2D eigenvalue weighted by molar-refractivity contribution is 5.90. The third-order valence-electron chi connectivity index (χ3n) is 4.41. The van der Waals surface area contributed by atoms with Crippen LogP contribution in [0, 0.1) is 18.3 Å². The molecule has 0 aliphatic rings. The lowest BCUT2D eigenvalue weighted by Gasteiger charge is -2.30. The molecule has 8 nitrogen and oxygen atoms in total. The summed E-state index contributed by atoms with van der Waals surface area (Å²) in [5.74, 6) is -0.929. The van der Waals surface area contributed by atoms with Gasteiger partial charge in [-0.2, -0.15) is 5.26 Å². The van der Waals surface area contributed by atoms with Crippen LogP contribution in [0.3, 0.4) is 0 Å². The monoisotopic (exact) mass is 430 g/mol. The molecule has 1 rings (SSSR count). The molecule has 0 aliphatic carbocycles. The minimum atomic E-state index is -0.993. The molecule has 2 atom stereocenters. The van der Waals surface area contributed by atoms with Gasteiger partial charge < -0.3 is 20.3 Å². The van der Waals surface area contributed by atoms with Crippen LogP contribution in [-0.2, 0) is 14.3 Å². The highest BCUT2D eigenvalue weighted by atomic mass is 16.6. The van der Waals surface area contributed by atoms with Gasteiger partial charge in [0, 0.05) is 6.04 Å². The van der Waals surface area contributed by atoms with E-state index in [1.807, 2.05) is 39.0 Å². The molecule has 0 aliphatic heterocycles. The topological polar surface area (TPSA) is 112 Å². The SMILES string of the molecule is CCCC(C)NC(=O)C(c1ccc(C)cc1)N(CC#N)C(=O)CNC(=O)OC(C)(C)C. The number of alkyl carbamates (subject to hydrolysis) is 1. The highest BCUT2D eigenvalue weighted by Gasteiger charge is 2.32. The maximum atomic E-state index is 13.1. The molecule has 0 spiro atoms. The molecule has 0 aromatic heterocycles.